The van der Waals surface area contributed by atoms with Gasteiger partial charge in [-0.2, -0.15) is 4.31 Å². The van der Waals surface area contributed by atoms with E-state index in [2.05, 4.69) is 19.2 Å². The Morgan fingerprint density at radius 1 is 1.23 bits per heavy atom. The summed E-state index contributed by atoms with van der Waals surface area (Å²) >= 11 is 0. The Kier molecular flexibility index (Phi) is 9.03. The molecule has 6 nitrogen and oxygen atoms in total. The lowest BCUT2D eigenvalue weighted by Gasteiger charge is -2.34. The number of nitrogens with zero attached hydrogens (tertiary/aromatic N) is 1. The Labute approximate surface area is 163 Å². The van der Waals surface area contributed by atoms with E-state index < -0.39 is 10.0 Å². The van der Waals surface area contributed by atoms with Gasteiger partial charge in [0.05, 0.1) is 4.90 Å². The molecule has 2 rings (SSSR count). The SMILES string of the molecule is CC1CC(C)CN(S(=O)(=O)c2cccc(C(=O)NCCCCN)c2)C1.Cl. The molecule has 0 aromatic heterocycles. The van der Waals surface area contributed by atoms with Crippen LogP contribution in [-0.4, -0.2) is 44.8 Å². The number of carbonyl (C=O) groups excluding carboxylic acids is 1. The van der Waals surface area contributed by atoms with Crippen LogP contribution >= 0.6 is 12.4 Å². The van der Waals surface area contributed by atoms with Crippen LogP contribution < -0.4 is 11.1 Å². The van der Waals surface area contributed by atoms with Gasteiger partial charge < -0.3 is 11.1 Å². The molecule has 1 aliphatic rings. The number of hydrogen-bond donors (Lipinski definition) is 2. The second-order valence-electron chi connectivity index (χ2n) is 7.05. The second kappa shape index (κ2) is 10.3. The largest absolute Gasteiger partial charge is 0.352 e. The normalized spacial score (nSPS) is 21.0. The molecule has 1 amide bonds. The highest BCUT2D eigenvalue weighted by Gasteiger charge is 2.31. The molecule has 3 N–H and O–H groups in total. The topological polar surface area (TPSA) is 92.5 Å². The molecule has 26 heavy (non-hydrogen) atoms. The molecule has 1 aliphatic heterocycles. The zero-order chi connectivity index (χ0) is 18.4. The van der Waals surface area contributed by atoms with Crippen LogP contribution in [0.25, 0.3) is 0 Å². The molecule has 1 aromatic carbocycles. The van der Waals surface area contributed by atoms with E-state index in [1.54, 1.807) is 22.5 Å². The predicted molar refractivity (Wildman–Crippen MR) is 106 cm³/mol. The van der Waals surface area contributed by atoms with Crippen molar-refractivity contribution in [1.29, 1.82) is 0 Å². The third kappa shape index (κ3) is 5.94. The quantitative estimate of drug-likeness (QED) is 0.683. The summed E-state index contributed by atoms with van der Waals surface area (Å²) in [6, 6.07) is 6.29. The summed E-state index contributed by atoms with van der Waals surface area (Å²) in [7, 11) is -3.58. The van der Waals surface area contributed by atoms with Gasteiger partial charge in [-0.05, 0) is 55.8 Å². The van der Waals surface area contributed by atoms with Gasteiger partial charge in [0.15, 0.2) is 0 Å². The van der Waals surface area contributed by atoms with Crippen molar-refractivity contribution in [3.63, 3.8) is 0 Å². The number of piperidine rings is 1. The molecule has 0 saturated carbocycles. The minimum absolute atomic E-state index is 0. The van der Waals surface area contributed by atoms with Crippen LogP contribution in [-0.2, 0) is 10.0 Å². The first-order chi connectivity index (χ1) is 11.8. The van der Waals surface area contributed by atoms with E-state index in [4.69, 9.17) is 5.73 Å². The van der Waals surface area contributed by atoms with Crippen LogP contribution in [0.3, 0.4) is 0 Å². The van der Waals surface area contributed by atoms with Gasteiger partial charge in [-0.15, -0.1) is 12.4 Å². The van der Waals surface area contributed by atoms with E-state index >= 15 is 0 Å². The van der Waals surface area contributed by atoms with E-state index in [9.17, 15) is 13.2 Å². The van der Waals surface area contributed by atoms with E-state index in [0.717, 1.165) is 19.3 Å². The molecule has 2 unspecified atom stereocenters. The Balaban J connectivity index is 0.00000338. The summed E-state index contributed by atoms with van der Waals surface area (Å²) in [4.78, 5) is 12.4. The van der Waals surface area contributed by atoms with Crippen molar-refractivity contribution >= 4 is 28.3 Å². The first kappa shape index (κ1) is 22.9. The van der Waals surface area contributed by atoms with Gasteiger partial charge >= 0.3 is 0 Å². The zero-order valence-electron chi connectivity index (χ0n) is 15.5. The van der Waals surface area contributed by atoms with Gasteiger partial charge in [0.2, 0.25) is 10.0 Å². The number of unbranched alkanes of at least 4 members (excludes halogenated alkanes) is 1. The Morgan fingerprint density at radius 3 is 2.50 bits per heavy atom. The predicted octanol–water partition coefficient (Wildman–Crippen LogP) is 2.24. The monoisotopic (exact) mass is 403 g/mol. The van der Waals surface area contributed by atoms with Gasteiger partial charge in [-0.3, -0.25) is 4.79 Å². The van der Waals surface area contributed by atoms with Crippen LogP contribution in [0, 0.1) is 11.8 Å². The van der Waals surface area contributed by atoms with Gasteiger partial charge in [-0.25, -0.2) is 8.42 Å². The molecule has 0 aliphatic carbocycles. The number of carbonyl (C=O) groups is 1. The van der Waals surface area contributed by atoms with Crippen molar-refractivity contribution in [3.8, 4) is 0 Å². The molecule has 0 radical (unpaired) electrons. The zero-order valence-corrected chi connectivity index (χ0v) is 17.1. The van der Waals surface area contributed by atoms with Crippen molar-refractivity contribution in [2.45, 2.75) is 38.0 Å². The average molecular weight is 404 g/mol. The summed E-state index contributed by atoms with van der Waals surface area (Å²) in [5, 5.41) is 2.80. The third-order valence-electron chi connectivity index (χ3n) is 4.49. The summed E-state index contributed by atoms with van der Waals surface area (Å²) in [6.45, 7) is 6.33. The molecular formula is C18H30ClN3O3S. The molecule has 1 fully saturated rings. The minimum Gasteiger partial charge on any atom is -0.352 e. The maximum atomic E-state index is 12.9. The minimum atomic E-state index is -3.58. The van der Waals surface area contributed by atoms with Crippen LogP contribution in [0.1, 0.15) is 43.5 Å². The molecule has 1 heterocycles. The van der Waals surface area contributed by atoms with Crippen molar-refractivity contribution < 1.29 is 13.2 Å². The van der Waals surface area contributed by atoms with Crippen LogP contribution in [0.5, 0.6) is 0 Å². The number of sulfonamides is 1. The number of amides is 1. The van der Waals surface area contributed by atoms with Gasteiger partial charge in [0, 0.05) is 25.2 Å². The summed E-state index contributed by atoms with van der Waals surface area (Å²) in [6.07, 6.45) is 2.70. The lowest BCUT2D eigenvalue weighted by atomic mass is 9.94. The number of nitrogens with one attached hydrogen (secondary N) is 1. The second-order valence-corrected chi connectivity index (χ2v) is 8.99. The van der Waals surface area contributed by atoms with Crippen molar-refractivity contribution in [1.82, 2.24) is 9.62 Å². The smallest absolute Gasteiger partial charge is 0.251 e. The average Bonchev–Trinajstić information content (AvgIpc) is 2.58. The van der Waals surface area contributed by atoms with Crippen LogP contribution in [0.2, 0.25) is 0 Å². The van der Waals surface area contributed by atoms with E-state index in [1.165, 1.54) is 6.07 Å². The van der Waals surface area contributed by atoms with E-state index in [-0.39, 0.29) is 23.2 Å². The maximum Gasteiger partial charge on any atom is 0.251 e. The third-order valence-corrected chi connectivity index (χ3v) is 6.31. The summed E-state index contributed by atoms with van der Waals surface area (Å²) in [5.41, 5.74) is 5.80. The van der Waals surface area contributed by atoms with Gasteiger partial charge in [-0.1, -0.05) is 19.9 Å². The van der Waals surface area contributed by atoms with Gasteiger partial charge in [0.1, 0.15) is 0 Å². The number of rotatable bonds is 7. The summed E-state index contributed by atoms with van der Waals surface area (Å²) in [5.74, 6) is 0.426. The fourth-order valence-corrected chi connectivity index (χ4v) is 5.05. The lowest BCUT2D eigenvalue weighted by Crippen LogP contribution is -2.42. The lowest BCUT2D eigenvalue weighted by molar-refractivity contribution is 0.0953. The molecule has 148 valence electrons. The molecule has 1 saturated heterocycles. The molecular weight excluding hydrogens is 374 g/mol. The number of nitrogens with two attached hydrogens (primary N) is 1. The van der Waals surface area contributed by atoms with E-state index in [0.29, 0.717) is 43.6 Å². The highest BCUT2D eigenvalue weighted by atomic mass is 35.5. The first-order valence-corrected chi connectivity index (χ1v) is 10.4. The first-order valence-electron chi connectivity index (χ1n) is 8.93. The molecule has 0 spiro atoms. The fraction of sp³-hybridized carbons (Fsp3) is 0.611. The molecule has 8 heteroatoms. The number of halogens is 1. The van der Waals surface area contributed by atoms with Crippen LogP contribution in [0.15, 0.2) is 29.2 Å². The highest BCUT2D eigenvalue weighted by Crippen LogP contribution is 2.26. The summed E-state index contributed by atoms with van der Waals surface area (Å²) < 4.78 is 27.4. The van der Waals surface area contributed by atoms with Gasteiger partial charge in [0.25, 0.3) is 5.91 Å². The number of benzene rings is 1. The van der Waals surface area contributed by atoms with Crippen molar-refractivity contribution in [2.75, 3.05) is 26.2 Å². The Hall–Kier alpha value is -1.15. The van der Waals surface area contributed by atoms with Crippen LogP contribution in [0.4, 0.5) is 0 Å². The standard InChI is InChI=1S/C18H29N3O3S.ClH/c1-14-10-15(2)13-21(12-14)25(23,24)17-7-5-6-16(11-17)18(22)20-9-4-3-8-19;/h5-7,11,14-15H,3-4,8-10,12-13,19H2,1-2H3,(H,20,22);1H. The fourth-order valence-electron chi connectivity index (χ4n) is 3.32. The van der Waals surface area contributed by atoms with E-state index in [1.807, 2.05) is 0 Å². The van der Waals surface area contributed by atoms with Crippen molar-refractivity contribution in [2.24, 2.45) is 17.6 Å². The molecule has 1 aromatic rings. The number of hydrogen-bond acceptors (Lipinski definition) is 4. The molecule has 2 atom stereocenters. The Bertz CT molecular complexity index is 687. The maximum absolute atomic E-state index is 12.9. The highest BCUT2D eigenvalue weighted by molar-refractivity contribution is 7.89. The molecule has 0 bridgehead atoms. The Morgan fingerprint density at radius 2 is 1.88 bits per heavy atom. The van der Waals surface area contributed by atoms with Crippen molar-refractivity contribution in [3.05, 3.63) is 29.8 Å².